The third-order valence-electron chi connectivity index (χ3n) is 7.24. The Morgan fingerprint density at radius 2 is 1.45 bits per heavy atom. The van der Waals surface area contributed by atoms with Crippen molar-refractivity contribution in [1.82, 2.24) is 30.3 Å². The van der Waals surface area contributed by atoms with Gasteiger partial charge < -0.3 is 13.3 Å². The van der Waals surface area contributed by atoms with Crippen LogP contribution in [-0.2, 0) is 45.7 Å². The van der Waals surface area contributed by atoms with E-state index in [1.54, 1.807) is 4.90 Å². The van der Waals surface area contributed by atoms with Gasteiger partial charge in [-0.2, -0.15) is 48.3 Å². The van der Waals surface area contributed by atoms with E-state index in [0.717, 1.165) is 23.7 Å². The highest BCUT2D eigenvalue weighted by atomic mass is 32.2. The van der Waals surface area contributed by atoms with E-state index in [1.165, 1.54) is 29.7 Å². The van der Waals surface area contributed by atoms with Gasteiger partial charge in [0.1, 0.15) is 23.4 Å². The van der Waals surface area contributed by atoms with Crippen LogP contribution in [0.5, 0.6) is 11.5 Å². The fraction of sp³-hybridized carbons (Fsp3) is 0.462. The number of rotatable bonds is 8. The van der Waals surface area contributed by atoms with Gasteiger partial charge in [0, 0.05) is 67.1 Å². The van der Waals surface area contributed by atoms with Crippen LogP contribution in [0.3, 0.4) is 0 Å². The number of benzene rings is 1. The summed E-state index contributed by atoms with van der Waals surface area (Å²) in [6, 6.07) is 2.60. The highest BCUT2D eigenvalue weighted by Gasteiger charge is 2.41. The molecule has 2 aliphatic heterocycles. The summed E-state index contributed by atoms with van der Waals surface area (Å²) in [6.45, 7) is 0.971. The number of thiazole rings is 1. The average Bonchev–Trinajstić information content (AvgIpc) is 3.55. The lowest BCUT2D eigenvalue weighted by Gasteiger charge is -2.30. The molecule has 5 rings (SSSR count). The summed E-state index contributed by atoms with van der Waals surface area (Å²) < 4.78 is 137. The maximum absolute atomic E-state index is 13.3. The van der Waals surface area contributed by atoms with Crippen molar-refractivity contribution in [2.75, 3.05) is 25.6 Å². The Kier molecular flexibility index (Phi) is 9.58. The van der Waals surface area contributed by atoms with Crippen LogP contribution in [0, 0.1) is 0 Å². The molecule has 1 fully saturated rings. The SMILES string of the molecule is CS(=O)(=O)Oc1ccc(OS(C)(=O)=O)c2c1CNC(c1csc(C3CCN(C=Cn4nc(C(F)(F)F)cc4C(F)(F)F)CC3)n1)NC2. The zero-order chi connectivity index (χ0) is 34.4. The van der Waals surface area contributed by atoms with Crippen LogP contribution in [0.25, 0.3) is 6.20 Å². The molecule has 12 nitrogen and oxygen atoms in total. The summed E-state index contributed by atoms with van der Waals surface area (Å²) in [4.78, 5) is 6.46. The first kappa shape index (κ1) is 34.9. The molecule has 1 aromatic carbocycles. The Hall–Kier alpha value is -3.40. The van der Waals surface area contributed by atoms with Crippen molar-refractivity contribution in [3.05, 3.63) is 63.0 Å². The van der Waals surface area contributed by atoms with Crippen molar-refractivity contribution < 1.29 is 51.5 Å². The second-order valence-corrected chi connectivity index (χ2v) is 14.9. The standard InChI is InChI=1S/C26H28F6N6O6S3/c1-46(39,40)43-19-3-4-20(44-47(2,41)42)17-13-34-23(33-12-16(17)19)18-14-45-24(35-18)15-5-7-37(8-6-15)9-10-38-22(26(30,31)32)11-21(36-38)25(27,28)29/h3-4,9-11,14-15,23,33-34H,5-8,12-13H2,1-2H3. The predicted octanol–water partition coefficient (Wildman–Crippen LogP) is 4.25. The molecule has 2 N–H and O–H groups in total. The fourth-order valence-corrected chi connectivity index (χ4v) is 7.12. The number of nitrogens with zero attached hydrogens (tertiary/aromatic N) is 4. The highest BCUT2D eigenvalue weighted by molar-refractivity contribution is 7.86. The second-order valence-electron chi connectivity index (χ2n) is 10.9. The van der Waals surface area contributed by atoms with Gasteiger partial charge in [0.2, 0.25) is 0 Å². The van der Waals surface area contributed by atoms with Crippen LogP contribution in [0.15, 0.2) is 29.8 Å². The highest BCUT2D eigenvalue weighted by Crippen LogP contribution is 2.37. The molecule has 0 radical (unpaired) electrons. The predicted molar refractivity (Wildman–Crippen MR) is 157 cm³/mol. The van der Waals surface area contributed by atoms with E-state index in [-0.39, 0.29) is 41.3 Å². The van der Waals surface area contributed by atoms with Gasteiger partial charge in [0.25, 0.3) is 0 Å². The van der Waals surface area contributed by atoms with E-state index < -0.39 is 50.1 Å². The van der Waals surface area contributed by atoms with Crippen LogP contribution in [-0.4, -0.2) is 62.1 Å². The van der Waals surface area contributed by atoms with Gasteiger partial charge in [0.15, 0.2) is 5.69 Å². The molecule has 47 heavy (non-hydrogen) atoms. The van der Waals surface area contributed by atoms with Crippen LogP contribution >= 0.6 is 11.3 Å². The third-order valence-corrected chi connectivity index (χ3v) is 9.23. The van der Waals surface area contributed by atoms with E-state index in [4.69, 9.17) is 13.4 Å². The van der Waals surface area contributed by atoms with Gasteiger partial charge in [-0.05, 0) is 25.0 Å². The number of aromatic nitrogens is 3. The zero-order valence-electron chi connectivity index (χ0n) is 24.6. The van der Waals surface area contributed by atoms with Crippen molar-refractivity contribution in [2.24, 2.45) is 0 Å². The lowest BCUT2D eigenvalue weighted by Crippen LogP contribution is -2.31. The van der Waals surface area contributed by atoms with Crippen molar-refractivity contribution in [3.8, 4) is 11.5 Å². The number of hydrogen-bond acceptors (Lipinski definition) is 12. The molecule has 2 aliphatic rings. The molecule has 3 aromatic rings. The molecule has 4 heterocycles. The Labute approximate surface area is 269 Å². The summed E-state index contributed by atoms with van der Waals surface area (Å²) in [7, 11) is -7.79. The Bertz CT molecular complexity index is 1800. The molecule has 2 aromatic heterocycles. The first-order valence-electron chi connectivity index (χ1n) is 13.8. The molecule has 0 atom stereocenters. The van der Waals surface area contributed by atoms with Crippen molar-refractivity contribution in [2.45, 2.75) is 50.4 Å². The summed E-state index contributed by atoms with van der Waals surface area (Å²) in [5.74, 6) is 0.0419. The molecule has 1 saturated heterocycles. The number of fused-ring (bicyclic) bond motifs is 1. The van der Waals surface area contributed by atoms with Crippen molar-refractivity contribution in [1.29, 1.82) is 0 Å². The Morgan fingerprint density at radius 1 is 0.894 bits per heavy atom. The Morgan fingerprint density at radius 3 is 1.94 bits per heavy atom. The molecule has 0 saturated carbocycles. The van der Waals surface area contributed by atoms with Gasteiger partial charge in [-0.15, -0.1) is 11.3 Å². The summed E-state index contributed by atoms with van der Waals surface area (Å²) in [5, 5.41) is 12.2. The maximum atomic E-state index is 13.3. The van der Waals surface area contributed by atoms with E-state index >= 15 is 0 Å². The third kappa shape index (κ3) is 8.75. The molecular formula is C26H28F6N6O6S3. The van der Waals surface area contributed by atoms with Crippen molar-refractivity contribution in [3.63, 3.8) is 0 Å². The molecule has 21 heteroatoms. The minimum Gasteiger partial charge on any atom is -0.382 e. The minimum atomic E-state index is -5.03. The van der Waals surface area contributed by atoms with Crippen LogP contribution in [0.4, 0.5) is 26.3 Å². The molecule has 0 spiro atoms. The summed E-state index contributed by atoms with van der Waals surface area (Å²) in [6.07, 6.45) is -5.51. The first-order valence-corrected chi connectivity index (χ1v) is 18.3. The minimum absolute atomic E-state index is 0.0122. The molecule has 0 bridgehead atoms. The van der Waals surface area contributed by atoms with Crippen molar-refractivity contribution >= 4 is 37.8 Å². The summed E-state index contributed by atoms with van der Waals surface area (Å²) >= 11 is 1.40. The van der Waals surface area contributed by atoms with E-state index in [0.29, 0.717) is 42.8 Å². The van der Waals surface area contributed by atoms with E-state index in [2.05, 4.69) is 15.7 Å². The topological polar surface area (TPSA) is 145 Å². The smallest absolute Gasteiger partial charge is 0.382 e. The lowest BCUT2D eigenvalue weighted by molar-refractivity contribution is -0.143. The number of nitrogens with one attached hydrogen (secondary N) is 2. The molecule has 0 amide bonds. The van der Waals surface area contributed by atoms with Gasteiger partial charge in [-0.1, -0.05) is 0 Å². The van der Waals surface area contributed by atoms with Gasteiger partial charge in [0.05, 0.1) is 23.2 Å². The molecule has 0 unspecified atom stereocenters. The van der Waals surface area contributed by atoms with Gasteiger partial charge >= 0.3 is 32.6 Å². The Balaban J connectivity index is 1.25. The normalized spacial score (nSPS) is 17.6. The van der Waals surface area contributed by atoms with Gasteiger partial charge in [-0.25, -0.2) is 9.67 Å². The molecule has 258 valence electrons. The lowest BCUT2D eigenvalue weighted by atomic mass is 9.98. The number of likely N-dealkylation sites (tertiary alicyclic amines) is 1. The summed E-state index contributed by atoms with van der Waals surface area (Å²) in [5.41, 5.74) is -1.78. The largest absolute Gasteiger partial charge is 0.435 e. The maximum Gasteiger partial charge on any atom is 0.435 e. The van der Waals surface area contributed by atoms with E-state index in [9.17, 15) is 43.2 Å². The number of hydrogen-bond donors (Lipinski definition) is 2. The average molecular weight is 731 g/mol. The van der Waals surface area contributed by atoms with Crippen LogP contribution in [0.1, 0.15) is 58.1 Å². The second kappa shape index (κ2) is 12.9. The number of alkyl halides is 6. The number of halogens is 6. The monoisotopic (exact) mass is 730 g/mol. The molecular weight excluding hydrogens is 703 g/mol. The van der Waals surface area contributed by atoms with E-state index in [1.807, 2.05) is 5.38 Å². The van der Waals surface area contributed by atoms with Gasteiger partial charge in [-0.3, -0.25) is 10.6 Å². The van der Waals surface area contributed by atoms with Crippen LogP contribution < -0.4 is 19.0 Å². The zero-order valence-corrected chi connectivity index (χ0v) is 27.0. The molecule has 0 aliphatic carbocycles. The number of piperidine rings is 1. The first-order chi connectivity index (χ1) is 21.8. The quantitative estimate of drug-likeness (QED) is 0.254. The van der Waals surface area contributed by atoms with Crippen LogP contribution in [0.2, 0.25) is 0 Å². The fourth-order valence-electron chi connectivity index (χ4n) is 5.14.